The van der Waals surface area contributed by atoms with Crippen LogP contribution in [0, 0.1) is 16.5 Å². The topological polar surface area (TPSA) is 66.4 Å². The highest BCUT2D eigenvalue weighted by Gasteiger charge is 2.17. The van der Waals surface area contributed by atoms with Crippen molar-refractivity contribution >= 4 is 79.7 Å². The first-order valence-corrected chi connectivity index (χ1v) is 8.91. The lowest BCUT2D eigenvalue weighted by Gasteiger charge is -2.10. The summed E-state index contributed by atoms with van der Waals surface area (Å²) >= 11 is 6.17. The standard InChI is InChI=1S/C14H6FI3O4/c15-9-3-6(13(19)20)1-2-11(9)22-14(21)8-4-7(16)5-10(17)12(8)18/h1-5H,(H,19,20)/p-1. The van der Waals surface area contributed by atoms with Crippen LogP contribution in [0.3, 0.4) is 0 Å². The van der Waals surface area contributed by atoms with Gasteiger partial charge in [0.05, 0.1) is 11.5 Å². The molecule has 2 rings (SSSR count). The van der Waals surface area contributed by atoms with Crippen molar-refractivity contribution in [3.05, 3.63) is 58.0 Å². The molecule has 22 heavy (non-hydrogen) atoms. The van der Waals surface area contributed by atoms with Gasteiger partial charge in [-0.05, 0) is 98.1 Å². The zero-order chi connectivity index (χ0) is 16.4. The molecular formula is C14H5FI3O4-. The molecule has 114 valence electrons. The first-order valence-electron chi connectivity index (χ1n) is 5.67. The molecular weight excluding hydrogens is 632 g/mol. The first-order chi connectivity index (χ1) is 10.3. The SMILES string of the molecule is O=C([O-])c1ccc(OC(=O)c2cc(I)cc(I)c2I)c(F)c1. The predicted octanol–water partition coefficient (Wildman–Crippen LogP) is 3.22. The van der Waals surface area contributed by atoms with E-state index >= 15 is 0 Å². The van der Waals surface area contributed by atoms with Crippen LogP contribution in [0.1, 0.15) is 20.7 Å². The van der Waals surface area contributed by atoms with Gasteiger partial charge in [0.1, 0.15) is 0 Å². The molecule has 0 radical (unpaired) electrons. The van der Waals surface area contributed by atoms with Gasteiger partial charge in [-0.15, -0.1) is 0 Å². The molecule has 0 N–H and O–H groups in total. The Morgan fingerprint density at radius 1 is 1.09 bits per heavy atom. The van der Waals surface area contributed by atoms with Crippen LogP contribution in [0.5, 0.6) is 5.75 Å². The minimum atomic E-state index is -1.50. The average Bonchev–Trinajstić information content (AvgIpc) is 2.44. The van der Waals surface area contributed by atoms with Crippen LogP contribution >= 0.6 is 67.8 Å². The highest BCUT2D eigenvalue weighted by molar-refractivity contribution is 14.1. The number of benzene rings is 2. The second kappa shape index (κ2) is 7.38. The van der Waals surface area contributed by atoms with E-state index in [1.165, 1.54) is 0 Å². The summed E-state index contributed by atoms with van der Waals surface area (Å²) in [6.07, 6.45) is 0. The van der Waals surface area contributed by atoms with E-state index in [0.29, 0.717) is 9.13 Å². The van der Waals surface area contributed by atoms with Crippen molar-refractivity contribution in [1.82, 2.24) is 0 Å². The maximum absolute atomic E-state index is 13.8. The van der Waals surface area contributed by atoms with Crippen molar-refractivity contribution in [2.45, 2.75) is 0 Å². The summed E-state index contributed by atoms with van der Waals surface area (Å²) in [5, 5.41) is 10.6. The largest absolute Gasteiger partial charge is 0.545 e. The number of carboxylic acids is 1. The fourth-order valence-corrected chi connectivity index (χ4v) is 3.95. The van der Waals surface area contributed by atoms with E-state index in [9.17, 15) is 19.1 Å². The Labute approximate surface area is 165 Å². The third-order valence-corrected chi connectivity index (χ3v) is 6.25. The fourth-order valence-electron chi connectivity index (χ4n) is 1.57. The minimum absolute atomic E-state index is 0.320. The number of hydrogen-bond acceptors (Lipinski definition) is 4. The number of hydrogen-bond donors (Lipinski definition) is 0. The van der Waals surface area contributed by atoms with E-state index in [-0.39, 0.29) is 11.3 Å². The maximum Gasteiger partial charge on any atom is 0.344 e. The van der Waals surface area contributed by atoms with Crippen molar-refractivity contribution in [2.75, 3.05) is 0 Å². The van der Waals surface area contributed by atoms with Gasteiger partial charge in [0.25, 0.3) is 0 Å². The average molecular weight is 637 g/mol. The summed E-state index contributed by atoms with van der Waals surface area (Å²) in [4.78, 5) is 22.8. The van der Waals surface area contributed by atoms with Gasteiger partial charge in [0, 0.05) is 16.3 Å². The molecule has 0 aliphatic rings. The Bertz CT molecular complexity index is 777. The van der Waals surface area contributed by atoms with Crippen molar-refractivity contribution in [3.63, 3.8) is 0 Å². The highest BCUT2D eigenvalue weighted by Crippen LogP contribution is 2.25. The van der Waals surface area contributed by atoms with Crippen molar-refractivity contribution in [1.29, 1.82) is 0 Å². The number of carbonyl (C=O) groups is 2. The summed E-state index contributed by atoms with van der Waals surface area (Å²) in [5.74, 6) is -3.48. The number of ether oxygens (including phenoxy) is 1. The Kier molecular flexibility index (Phi) is 5.99. The summed E-state index contributed by atoms with van der Waals surface area (Å²) in [5.41, 5.74) is -0.00374. The van der Waals surface area contributed by atoms with Crippen LogP contribution in [0.4, 0.5) is 4.39 Å². The fraction of sp³-hybridized carbons (Fsp3) is 0. The molecule has 0 aliphatic heterocycles. The summed E-state index contributed by atoms with van der Waals surface area (Å²) in [6.45, 7) is 0. The number of halogens is 4. The van der Waals surface area contributed by atoms with Gasteiger partial charge in [-0.1, -0.05) is 0 Å². The van der Waals surface area contributed by atoms with Gasteiger partial charge in [-0.25, -0.2) is 9.18 Å². The molecule has 0 bridgehead atoms. The van der Waals surface area contributed by atoms with Crippen LogP contribution in [0.2, 0.25) is 0 Å². The summed E-state index contributed by atoms with van der Waals surface area (Å²) in [7, 11) is 0. The third kappa shape index (κ3) is 4.07. The van der Waals surface area contributed by atoms with E-state index < -0.39 is 17.8 Å². The van der Waals surface area contributed by atoms with Crippen LogP contribution in [0.25, 0.3) is 0 Å². The third-order valence-electron chi connectivity index (χ3n) is 2.58. The van der Waals surface area contributed by atoms with Crippen LogP contribution in [-0.4, -0.2) is 11.9 Å². The lowest BCUT2D eigenvalue weighted by Crippen LogP contribution is -2.22. The predicted molar refractivity (Wildman–Crippen MR) is 100 cm³/mol. The highest BCUT2D eigenvalue weighted by atomic mass is 127. The normalized spacial score (nSPS) is 10.4. The van der Waals surface area contributed by atoms with Gasteiger partial charge >= 0.3 is 5.97 Å². The molecule has 2 aromatic rings. The van der Waals surface area contributed by atoms with Gasteiger partial charge in [0.15, 0.2) is 11.6 Å². The molecule has 0 saturated carbocycles. The Balaban J connectivity index is 2.32. The smallest absolute Gasteiger partial charge is 0.344 e. The molecule has 8 heteroatoms. The molecule has 0 atom stereocenters. The zero-order valence-electron chi connectivity index (χ0n) is 10.5. The first kappa shape index (κ1) is 17.8. The van der Waals surface area contributed by atoms with E-state index in [2.05, 4.69) is 45.2 Å². The second-order valence-electron chi connectivity index (χ2n) is 4.07. The van der Waals surface area contributed by atoms with E-state index in [0.717, 1.165) is 25.3 Å². The maximum atomic E-state index is 13.8. The molecule has 0 aliphatic carbocycles. The molecule has 0 fully saturated rings. The van der Waals surface area contributed by atoms with Crippen molar-refractivity contribution < 1.29 is 23.8 Å². The number of carboxylic acid groups (broad SMARTS) is 1. The zero-order valence-corrected chi connectivity index (χ0v) is 17.0. The molecule has 0 spiro atoms. The Morgan fingerprint density at radius 2 is 1.77 bits per heavy atom. The van der Waals surface area contributed by atoms with Gasteiger partial charge in [0.2, 0.25) is 0 Å². The van der Waals surface area contributed by atoms with Crippen LogP contribution < -0.4 is 9.84 Å². The van der Waals surface area contributed by atoms with Crippen LogP contribution in [-0.2, 0) is 0 Å². The summed E-state index contributed by atoms with van der Waals surface area (Å²) in [6, 6.07) is 6.49. The van der Waals surface area contributed by atoms with Crippen molar-refractivity contribution in [3.8, 4) is 5.75 Å². The van der Waals surface area contributed by atoms with Crippen molar-refractivity contribution in [2.24, 2.45) is 0 Å². The number of aromatic carboxylic acids is 1. The molecule has 0 aromatic heterocycles. The quantitative estimate of drug-likeness (QED) is 0.225. The Hall–Kier alpha value is -0.500. The number of esters is 1. The summed E-state index contributed by atoms with van der Waals surface area (Å²) < 4.78 is 21.2. The monoisotopic (exact) mass is 637 g/mol. The van der Waals surface area contributed by atoms with Gasteiger partial charge in [-0.2, -0.15) is 0 Å². The minimum Gasteiger partial charge on any atom is -0.545 e. The molecule has 4 nitrogen and oxygen atoms in total. The van der Waals surface area contributed by atoms with E-state index in [1.807, 2.05) is 28.7 Å². The van der Waals surface area contributed by atoms with Crippen LogP contribution in [0.15, 0.2) is 30.3 Å². The van der Waals surface area contributed by atoms with Gasteiger partial charge in [-0.3, -0.25) is 0 Å². The van der Waals surface area contributed by atoms with E-state index in [1.54, 1.807) is 6.07 Å². The molecule has 2 aromatic carbocycles. The molecule has 0 amide bonds. The van der Waals surface area contributed by atoms with E-state index in [4.69, 9.17) is 4.74 Å². The second-order valence-corrected chi connectivity index (χ2v) is 7.56. The molecule has 0 unspecified atom stereocenters. The molecule has 0 heterocycles. The number of rotatable bonds is 3. The lowest BCUT2D eigenvalue weighted by atomic mass is 10.2. The van der Waals surface area contributed by atoms with Gasteiger partial charge < -0.3 is 14.6 Å². The molecule has 0 saturated heterocycles. The lowest BCUT2D eigenvalue weighted by molar-refractivity contribution is -0.255. The Morgan fingerprint density at radius 3 is 2.36 bits per heavy atom. The number of carbonyl (C=O) groups excluding carboxylic acids is 2.